The van der Waals surface area contributed by atoms with Crippen molar-refractivity contribution in [3.63, 3.8) is 0 Å². The van der Waals surface area contributed by atoms with Crippen molar-refractivity contribution in [3.05, 3.63) is 11.3 Å². The second-order valence-corrected chi connectivity index (χ2v) is 3.59. The molecule has 1 aliphatic heterocycles. The SMILES string of the molecule is CC.CC(C)N=CC1=C(N)CN(C)C1. The molecule has 0 atom stereocenters. The van der Waals surface area contributed by atoms with E-state index in [-0.39, 0.29) is 0 Å². The predicted octanol–water partition coefficient (Wildman–Crippen LogP) is 1.65. The van der Waals surface area contributed by atoms with Gasteiger partial charge in [-0.15, -0.1) is 0 Å². The number of aliphatic imine (C=N–C) groups is 1. The highest BCUT2D eigenvalue weighted by Crippen LogP contribution is 2.09. The fourth-order valence-corrected chi connectivity index (χ4v) is 1.20. The molecule has 1 rings (SSSR count). The summed E-state index contributed by atoms with van der Waals surface area (Å²) in [5, 5.41) is 0. The zero-order valence-electron chi connectivity index (χ0n) is 10.0. The quantitative estimate of drug-likeness (QED) is 0.684. The molecular weight excluding hydrogens is 174 g/mol. The van der Waals surface area contributed by atoms with E-state index in [2.05, 4.69) is 30.8 Å². The van der Waals surface area contributed by atoms with E-state index in [1.54, 1.807) is 0 Å². The standard InChI is InChI=1S/C9H17N3.C2H6/c1-7(2)11-4-8-5-12(3)6-9(8)10;1-2/h4,7H,5-6,10H2,1-3H3;1-2H3. The molecule has 0 saturated carbocycles. The van der Waals surface area contributed by atoms with Crippen LogP contribution in [0.3, 0.4) is 0 Å². The van der Waals surface area contributed by atoms with Crippen LogP contribution in [-0.4, -0.2) is 37.3 Å². The number of hydrogen-bond acceptors (Lipinski definition) is 3. The molecule has 0 aromatic rings. The van der Waals surface area contributed by atoms with E-state index in [0.29, 0.717) is 6.04 Å². The molecule has 0 aliphatic carbocycles. The maximum absolute atomic E-state index is 5.80. The van der Waals surface area contributed by atoms with Crippen molar-refractivity contribution >= 4 is 6.21 Å². The molecule has 0 fully saturated rings. The summed E-state index contributed by atoms with van der Waals surface area (Å²) in [6.45, 7) is 9.93. The molecule has 0 radical (unpaired) electrons. The molecule has 0 spiro atoms. The van der Waals surface area contributed by atoms with E-state index in [1.807, 2.05) is 20.1 Å². The molecule has 0 aromatic carbocycles. The van der Waals surface area contributed by atoms with Gasteiger partial charge in [0.05, 0.1) is 0 Å². The number of likely N-dealkylation sites (N-methyl/N-ethyl adjacent to an activating group) is 1. The summed E-state index contributed by atoms with van der Waals surface area (Å²) in [7, 11) is 2.06. The molecular formula is C11H23N3. The van der Waals surface area contributed by atoms with Gasteiger partial charge >= 0.3 is 0 Å². The Labute approximate surface area is 87.7 Å². The van der Waals surface area contributed by atoms with Gasteiger partial charge in [-0.3, -0.25) is 9.89 Å². The lowest BCUT2D eigenvalue weighted by atomic mass is 10.2. The van der Waals surface area contributed by atoms with Gasteiger partial charge in [0, 0.05) is 36.6 Å². The van der Waals surface area contributed by atoms with Gasteiger partial charge in [0.1, 0.15) is 0 Å². The van der Waals surface area contributed by atoms with Crippen LogP contribution < -0.4 is 5.73 Å². The van der Waals surface area contributed by atoms with Gasteiger partial charge in [-0.25, -0.2) is 0 Å². The Morgan fingerprint density at radius 1 is 1.36 bits per heavy atom. The van der Waals surface area contributed by atoms with Crippen molar-refractivity contribution in [1.29, 1.82) is 0 Å². The minimum atomic E-state index is 0.358. The van der Waals surface area contributed by atoms with Crippen molar-refractivity contribution < 1.29 is 0 Å². The van der Waals surface area contributed by atoms with Gasteiger partial charge in [-0.2, -0.15) is 0 Å². The average Bonchev–Trinajstić information content (AvgIpc) is 2.45. The van der Waals surface area contributed by atoms with Crippen LogP contribution in [-0.2, 0) is 0 Å². The van der Waals surface area contributed by atoms with Gasteiger partial charge < -0.3 is 5.73 Å². The Morgan fingerprint density at radius 3 is 2.29 bits per heavy atom. The minimum absolute atomic E-state index is 0.358. The van der Waals surface area contributed by atoms with Crippen LogP contribution in [0.25, 0.3) is 0 Å². The third-order valence-electron chi connectivity index (χ3n) is 1.82. The summed E-state index contributed by atoms with van der Waals surface area (Å²) in [5.74, 6) is 0. The summed E-state index contributed by atoms with van der Waals surface area (Å²) < 4.78 is 0. The first-order valence-corrected chi connectivity index (χ1v) is 5.29. The smallest absolute Gasteiger partial charge is 0.0443 e. The fraction of sp³-hybridized carbons (Fsp3) is 0.727. The van der Waals surface area contributed by atoms with E-state index in [0.717, 1.165) is 18.8 Å². The second kappa shape index (κ2) is 6.60. The molecule has 0 bridgehead atoms. The van der Waals surface area contributed by atoms with Crippen LogP contribution >= 0.6 is 0 Å². The molecule has 1 aliphatic rings. The highest BCUT2D eigenvalue weighted by molar-refractivity contribution is 5.81. The number of rotatable bonds is 2. The van der Waals surface area contributed by atoms with Crippen molar-refractivity contribution in [1.82, 2.24) is 4.90 Å². The monoisotopic (exact) mass is 197 g/mol. The molecule has 0 saturated heterocycles. The van der Waals surface area contributed by atoms with E-state index < -0.39 is 0 Å². The molecule has 1 heterocycles. The zero-order valence-corrected chi connectivity index (χ0v) is 10.0. The van der Waals surface area contributed by atoms with Crippen LogP contribution in [0, 0.1) is 0 Å². The molecule has 0 unspecified atom stereocenters. The lowest BCUT2D eigenvalue weighted by molar-refractivity contribution is 0.426. The molecule has 0 aromatic heterocycles. The Bertz CT molecular complexity index is 217. The minimum Gasteiger partial charge on any atom is -0.401 e. The molecule has 0 amide bonds. The van der Waals surface area contributed by atoms with Crippen molar-refractivity contribution in [2.24, 2.45) is 10.7 Å². The maximum Gasteiger partial charge on any atom is 0.0443 e. The largest absolute Gasteiger partial charge is 0.401 e. The van der Waals surface area contributed by atoms with Gasteiger partial charge in [-0.05, 0) is 20.9 Å². The second-order valence-electron chi connectivity index (χ2n) is 3.59. The topological polar surface area (TPSA) is 41.6 Å². The summed E-state index contributed by atoms with van der Waals surface area (Å²) in [4.78, 5) is 6.48. The first-order valence-electron chi connectivity index (χ1n) is 5.29. The van der Waals surface area contributed by atoms with Crippen LogP contribution in [0.15, 0.2) is 16.3 Å². The number of hydrogen-bond donors (Lipinski definition) is 1. The Balaban J connectivity index is 0.000000791. The predicted molar refractivity (Wildman–Crippen MR) is 63.7 cm³/mol. The lowest BCUT2D eigenvalue weighted by Crippen LogP contribution is -2.16. The number of nitrogens with two attached hydrogens (primary N) is 1. The number of nitrogens with zero attached hydrogens (tertiary/aromatic N) is 2. The maximum atomic E-state index is 5.80. The van der Waals surface area contributed by atoms with Crippen LogP contribution in [0.2, 0.25) is 0 Å². The van der Waals surface area contributed by atoms with Crippen molar-refractivity contribution in [2.45, 2.75) is 33.7 Å². The normalized spacial score (nSPS) is 17.9. The van der Waals surface area contributed by atoms with Crippen LogP contribution in [0.4, 0.5) is 0 Å². The van der Waals surface area contributed by atoms with Gasteiger partial charge in [-0.1, -0.05) is 13.8 Å². The Kier molecular flexibility index (Phi) is 6.21. The van der Waals surface area contributed by atoms with E-state index in [4.69, 9.17) is 5.73 Å². The van der Waals surface area contributed by atoms with Gasteiger partial charge in [0.25, 0.3) is 0 Å². The summed E-state index contributed by atoms with van der Waals surface area (Å²) in [6.07, 6.45) is 1.91. The van der Waals surface area contributed by atoms with E-state index in [9.17, 15) is 0 Å². The summed E-state index contributed by atoms with van der Waals surface area (Å²) in [6, 6.07) is 0.358. The van der Waals surface area contributed by atoms with Crippen LogP contribution in [0.5, 0.6) is 0 Å². The summed E-state index contributed by atoms with van der Waals surface area (Å²) >= 11 is 0. The van der Waals surface area contributed by atoms with Gasteiger partial charge in [0.15, 0.2) is 0 Å². The Hall–Kier alpha value is -0.830. The molecule has 82 valence electrons. The fourth-order valence-electron chi connectivity index (χ4n) is 1.20. The first-order chi connectivity index (χ1) is 6.59. The van der Waals surface area contributed by atoms with Crippen molar-refractivity contribution in [3.8, 4) is 0 Å². The molecule has 3 nitrogen and oxygen atoms in total. The summed E-state index contributed by atoms with van der Waals surface area (Å²) in [5.41, 5.74) is 7.93. The Morgan fingerprint density at radius 2 is 1.93 bits per heavy atom. The third-order valence-corrected chi connectivity index (χ3v) is 1.82. The van der Waals surface area contributed by atoms with E-state index >= 15 is 0 Å². The van der Waals surface area contributed by atoms with Gasteiger partial charge in [0.2, 0.25) is 0 Å². The first kappa shape index (κ1) is 13.2. The molecule has 14 heavy (non-hydrogen) atoms. The van der Waals surface area contributed by atoms with E-state index in [1.165, 1.54) is 5.57 Å². The molecule has 2 N–H and O–H groups in total. The molecule has 3 heteroatoms. The zero-order chi connectivity index (χ0) is 11.1. The lowest BCUT2D eigenvalue weighted by Gasteiger charge is -2.04. The highest BCUT2D eigenvalue weighted by atomic mass is 15.1. The third kappa shape index (κ3) is 4.42. The van der Waals surface area contributed by atoms with Crippen molar-refractivity contribution in [2.75, 3.05) is 20.1 Å². The highest BCUT2D eigenvalue weighted by Gasteiger charge is 2.14. The average molecular weight is 197 g/mol. The van der Waals surface area contributed by atoms with Crippen LogP contribution in [0.1, 0.15) is 27.7 Å².